The Balaban J connectivity index is 1.36. The van der Waals surface area contributed by atoms with Gasteiger partial charge in [0.2, 0.25) is 5.91 Å². The van der Waals surface area contributed by atoms with Crippen LogP contribution in [0.3, 0.4) is 0 Å². The zero-order valence-electron chi connectivity index (χ0n) is 16.9. The Morgan fingerprint density at radius 2 is 2.03 bits per heavy atom. The third kappa shape index (κ3) is 3.88. The highest BCUT2D eigenvalue weighted by Gasteiger charge is 2.24. The van der Waals surface area contributed by atoms with Gasteiger partial charge in [0.05, 0.1) is 11.0 Å². The normalized spacial score (nSPS) is 13.0. The van der Waals surface area contributed by atoms with E-state index < -0.39 is 0 Å². The summed E-state index contributed by atoms with van der Waals surface area (Å²) in [5, 5.41) is 0. The van der Waals surface area contributed by atoms with E-state index in [1.54, 1.807) is 4.90 Å². The smallest absolute Gasteiger partial charge is 0.253 e. The largest absolute Gasteiger partial charge is 0.342 e. The number of imidazole rings is 1. The molecule has 0 saturated heterocycles. The maximum atomic E-state index is 12.8. The number of para-hydroxylation sites is 2. The average Bonchev–Trinajstić information content (AvgIpc) is 3.35. The van der Waals surface area contributed by atoms with Crippen LogP contribution in [0.5, 0.6) is 0 Å². The van der Waals surface area contributed by atoms with Crippen LogP contribution in [0.15, 0.2) is 42.5 Å². The maximum absolute atomic E-state index is 12.8. The first-order valence-electron chi connectivity index (χ1n) is 10.2. The van der Waals surface area contributed by atoms with E-state index in [1.165, 1.54) is 0 Å². The zero-order valence-corrected chi connectivity index (χ0v) is 16.9. The minimum atomic E-state index is 0.0117. The van der Waals surface area contributed by atoms with Gasteiger partial charge in [-0.25, -0.2) is 4.98 Å². The van der Waals surface area contributed by atoms with E-state index >= 15 is 0 Å². The molecule has 1 aromatic heterocycles. The van der Waals surface area contributed by atoms with Crippen LogP contribution in [0.2, 0.25) is 0 Å². The Morgan fingerprint density at radius 3 is 2.83 bits per heavy atom. The fourth-order valence-corrected chi connectivity index (χ4v) is 3.91. The molecule has 1 N–H and O–H groups in total. The molecule has 0 unspecified atom stereocenters. The number of rotatable bonds is 6. The van der Waals surface area contributed by atoms with E-state index in [0.29, 0.717) is 25.1 Å². The maximum Gasteiger partial charge on any atom is 0.253 e. The van der Waals surface area contributed by atoms with Crippen molar-refractivity contribution in [2.75, 3.05) is 25.0 Å². The molecule has 0 spiro atoms. The number of hydrogen-bond acceptors (Lipinski definition) is 3. The lowest BCUT2D eigenvalue weighted by atomic mass is 10.1. The average molecular weight is 390 g/mol. The third-order valence-electron chi connectivity index (χ3n) is 5.52. The summed E-state index contributed by atoms with van der Waals surface area (Å²) in [6, 6.07) is 13.7. The van der Waals surface area contributed by atoms with Crippen LogP contribution in [-0.2, 0) is 17.6 Å². The second-order valence-electron chi connectivity index (χ2n) is 7.52. The SMILES string of the molecule is CCC(=O)N1CCc2cc(C(=O)N(C)CCCc3nc4ccccc4[nH]3)ccc21. The Morgan fingerprint density at radius 1 is 1.21 bits per heavy atom. The molecule has 0 aliphatic carbocycles. The summed E-state index contributed by atoms with van der Waals surface area (Å²) in [6.07, 6.45) is 2.93. The molecule has 6 heteroatoms. The van der Waals surface area contributed by atoms with Crippen LogP contribution in [0.1, 0.15) is 41.5 Å². The molecule has 150 valence electrons. The van der Waals surface area contributed by atoms with Gasteiger partial charge in [-0.05, 0) is 48.7 Å². The molecule has 6 nitrogen and oxygen atoms in total. The number of nitrogens with zero attached hydrogens (tertiary/aromatic N) is 3. The minimum Gasteiger partial charge on any atom is -0.342 e. The lowest BCUT2D eigenvalue weighted by molar-refractivity contribution is -0.118. The quantitative estimate of drug-likeness (QED) is 0.700. The van der Waals surface area contributed by atoms with Crippen molar-refractivity contribution >= 4 is 28.5 Å². The van der Waals surface area contributed by atoms with E-state index in [1.807, 2.05) is 61.3 Å². The Kier molecular flexibility index (Phi) is 5.34. The molecule has 0 fully saturated rings. The Hall–Kier alpha value is -3.15. The van der Waals surface area contributed by atoms with Crippen molar-refractivity contribution in [3.05, 3.63) is 59.4 Å². The molecule has 0 bridgehead atoms. The third-order valence-corrected chi connectivity index (χ3v) is 5.52. The van der Waals surface area contributed by atoms with Crippen LogP contribution >= 0.6 is 0 Å². The Labute approximate surface area is 170 Å². The molecule has 1 aliphatic heterocycles. The molecule has 29 heavy (non-hydrogen) atoms. The summed E-state index contributed by atoms with van der Waals surface area (Å²) >= 11 is 0. The standard InChI is InChI=1S/C23H26N4O2/c1-3-22(28)27-14-12-16-15-17(10-11-20(16)27)23(29)26(2)13-6-9-21-24-18-7-4-5-8-19(18)25-21/h4-5,7-8,10-11,15H,3,6,9,12-14H2,1-2H3,(H,24,25). The van der Waals surface area contributed by atoms with Crippen molar-refractivity contribution < 1.29 is 9.59 Å². The number of aryl methyl sites for hydroxylation is 1. The highest BCUT2D eigenvalue weighted by molar-refractivity contribution is 5.98. The molecule has 0 radical (unpaired) electrons. The molecular weight excluding hydrogens is 364 g/mol. The van der Waals surface area contributed by atoms with Gasteiger partial charge >= 0.3 is 0 Å². The highest BCUT2D eigenvalue weighted by atomic mass is 16.2. The number of nitrogens with one attached hydrogen (secondary N) is 1. The molecule has 0 saturated carbocycles. The first kappa shape index (κ1) is 19.2. The first-order valence-corrected chi connectivity index (χ1v) is 10.2. The number of anilines is 1. The predicted octanol–water partition coefficient (Wildman–Crippen LogP) is 3.57. The van der Waals surface area contributed by atoms with Crippen LogP contribution in [0, 0.1) is 0 Å². The summed E-state index contributed by atoms with van der Waals surface area (Å²) in [6.45, 7) is 3.24. The molecule has 0 atom stereocenters. The van der Waals surface area contributed by atoms with Crippen LogP contribution in [0.4, 0.5) is 5.69 Å². The monoisotopic (exact) mass is 390 g/mol. The number of fused-ring (bicyclic) bond motifs is 2. The second kappa shape index (κ2) is 8.07. The number of aromatic amines is 1. The summed E-state index contributed by atoms with van der Waals surface area (Å²) in [5.74, 6) is 1.09. The van der Waals surface area contributed by atoms with Crippen molar-refractivity contribution in [3.8, 4) is 0 Å². The van der Waals surface area contributed by atoms with Crippen molar-refractivity contribution in [1.82, 2.24) is 14.9 Å². The Bertz CT molecular complexity index is 1020. The summed E-state index contributed by atoms with van der Waals surface area (Å²) in [7, 11) is 1.83. The van der Waals surface area contributed by atoms with Crippen molar-refractivity contribution in [2.24, 2.45) is 0 Å². The zero-order chi connectivity index (χ0) is 20.4. The van der Waals surface area contributed by atoms with Crippen LogP contribution < -0.4 is 4.90 Å². The molecular formula is C23H26N4O2. The number of H-pyrrole nitrogens is 1. The first-order chi connectivity index (χ1) is 14.1. The van der Waals surface area contributed by atoms with Crippen molar-refractivity contribution in [1.29, 1.82) is 0 Å². The van der Waals surface area contributed by atoms with Crippen molar-refractivity contribution in [3.63, 3.8) is 0 Å². The molecule has 2 aromatic carbocycles. The lowest BCUT2D eigenvalue weighted by Crippen LogP contribution is -2.28. The molecule has 1 aliphatic rings. The highest BCUT2D eigenvalue weighted by Crippen LogP contribution is 2.29. The fourth-order valence-electron chi connectivity index (χ4n) is 3.91. The van der Waals surface area contributed by atoms with Gasteiger partial charge in [-0.15, -0.1) is 0 Å². The summed E-state index contributed by atoms with van der Waals surface area (Å²) < 4.78 is 0. The van der Waals surface area contributed by atoms with Gasteiger partial charge in [0, 0.05) is 44.2 Å². The number of carbonyl (C=O) groups excluding carboxylic acids is 2. The molecule has 2 amide bonds. The van der Waals surface area contributed by atoms with E-state index in [-0.39, 0.29) is 11.8 Å². The van der Waals surface area contributed by atoms with Gasteiger partial charge in [0.25, 0.3) is 5.91 Å². The van der Waals surface area contributed by atoms with Crippen LogP contribution in [-0.4, -0.2) is 46.8 Å². The summed E-state index contributed by atoms with van der Waals surface area (Å²) in [4.78, 5) is 36.4. The van der Waals surface area contributed by atoms with E-state index in [2.05, 4.69) is 9.97 Å². The molecule has 2 heterocycles. The van der Waals surface area contributed by atoms with Gasteiger partial charge < -0.3 is 14.8 Å². The number of amides is 2. The number of hydrogen-bond donors (Lipinski definition) is 1. The minimum absolute atomic E-state index is 0.0117. The van der Waals surface area contributed by atoms with Gasteiger partial charge in [-0.3, -0.25) is 9.59 Å². The lowest BCUT2D eigenvalue weighted by Gasteiger charge is -2.19. The van der Waals surface area contributed by atoms with Crippen LogP contribution in [0.25, 0.3) is 11.0 Å². The number of aromatic nitrogens is 2. The summed E-state index contributed by atoms with van der Waals surface area (Å²) in [5.41, 5.74) is 4.72. The topological polar surface area (TPSA) is 69.3 Å². The van der Waals surface area contributed by atoms with E-state index in [0.717, 1.165) is 47.4 Å². The van der Waals surface area contributed by atoms with Gasteiger partial charge in [-0.2, -0.15) is 0 Å². The molecule has 3 aromatic rings. The predicted molar refractivity (Wildman–Crippen MR) is 114 cm³/mol. The number of carbonyl (C=O) groups is 2. The number of benzene rings is 2. The van der Waals surface area contributed by atoms with Gasteiger partial charge in [0.15, 0.2) is 0 Å². The van der Waals surface area contributed by atoms with Gasteiger partial charge in [-0.1, -0.05) is 19.1 Å². The van der Waals surface area contributed by atoms with E-state index in [9.17, 15) is 9.59 Å². The second-order valence-corrected chi connectivity index (χ2v) is 7.52. The van der Waals surface area contributed by atoms with Gasteiger partial charge in [0.1, 0.15) is 5.82 Å². The van der Waals surface area contributed by atoms with E-state index in [4.69, 9.17) is 0 Å². The molecule has 4 rings (SSSR count). The fraction of sp³-hybridized carbons (Fsp3) is 0.348. The van der Waals surface area contributed by atoms with Crippen molar-refractivity contribution in [2.45, 2.75) is 32.6 Å².